The molecule has 2 unspecified atom stereocenters. The average molecular weight is 901 g/mol. The van der Waals surface area contributed by atoms with E-state index in [1.54, 1.807) is 0 Å². The highest BCUT2D eigenvalue weighted by Gasteiger charge is 2.36. The first kappa shape index (κ1) is 43.3. The topological polar surface area (TPSA) is 101 Å². The summed E-state index contributed by atoms with van der Waals surface area (Å²) in [5.41, 5.74) is 11.0. The molecule has 0 radical (unpaired) electrons. The maximum Gasteiger partial charge on any atom is 0.162 e. The van der Waals surface area contributed by atoms with Gasteiger partial charge in [0.2, 0.25) is 0 Å². The minimum absolute atomic E-state index is 0.0305. The molecule has 0 saturated carbocycles. The van der Waals surface area contributed by atoms with Crippen molar-refractivity contribution in [1.29, 1.82) is 10.5 Å². The number of rotatable bonds is 7. The summed E-state index contributed by atoms with van der Waals surface area (Å²) in [6.45, 7) is 13.3. The smallest absolute Gasteiger partial charge is 0.162 e. The van der Waals surface area contributed by atoms with E-state index < -0.39 is 0 Å². The van der Waals surface area contributed by atoms with E-state index in [1.165, 1.54) is 0 Å². The van der Waals surface area contributed by atoms with Crippen molar-refractivity contribution in [3.63, 3.8) is 0 Å². The standard InChI is InChI=1S/C62H52N4O3/c1-61(2,3)50-23-12-20-44(57(50)67)40-15-11-16-43(35-40)65(41-31-27-38(36-63)28-32-41)55-45-17-7-8-18-46(45)56(60-54(55)49-19-9-10-26-53(49)68-60)66(42-33-29-39(37-64)30-34-42)52-25-14-22-48-47-21-13-24-51(62(4,5)6)58(47)69-59(48)52/h7-22,25-35,50-51,67H,23-24H2,1-6H3. The third-order valence-electron chi connectivity index (χ3n) is 14.2. The Kier molecular flexibility index (Phi) is 10.4. The zero-order valence-corrected chi connectivity index (χ0v) is 39.7. The molecule has 2 heterocycles. The first-order chi connectivity index (χ1) is 33.3. The van der Waals surface area contributed by atoms with Crippen molar-refractivity contribution in [3.05, 3.63) is 192 Å². The first-order valence-corrected chi connectivity index (χ1v) is 23.7. The Morgan fingerprint density at radius 1 is 0.551 bits per heavy atom. The van der Waals surface area contributed by atoms with Crippen LogP contribution in [0.25, 0.3) is 55.3 Å². The summed E-state index contributed by atoms with van der Waals surface area (Å²) < 4.78 is 14.4. The first-order valence-electron chi connectivity index (χ1n) is 23.7. The van der Waals surface area contributed by atoms with Gasteiger partial charge in [-0.1, -0.05) is 133 Å². The lowest BCUT2D eigenvalue weighted by atomic mass is 9.74. The van der Waals surface area contributed by atoms with Gasteiger partial charge in [-0.05, 0) is 102 Å². The van der Waals surface area contributed by atoms with E-state index in [0.29, 0.717) is 22.5 Å². The van der Waals surface area contributed by atoms with Gasteiger partial charge < -0.3 is 23.7 Å². The number of para-hydroxylation sites is 2. The monoisotopic (exact) mass is 900 g/mol. The minimum Gasteiger partial charge on any atom is -0.511 e. The summed E-state index contributed by atoms with van der Waals surface area (Å²) in [5, 5.41) is 36.6. The molecule has 69 heavy (non-hydrogen) atoms. The van der Waals surface area contributed by atoms with Crippen molar-refractivity contribution < 1.29 is 13.9 Å². The molecule has 2 aromatic heterocycles. The van der Waals surface area contributed by atoms with Crippen molar-refractivity contribution in [2.75, 3.05) is 9.80 Å². The lowest BCUT2D eigenvalue weighted by molar-refractivity contribution is 0.203. The van der Waals surface area contributed by atoms with Crippen LogP contribution in [-0.4, -0.2) is 5.11 Å². The van der Waals surface area contributed by atoms with Crippen LogP contribution >= 0.6 is 0 Å². The van der Waals surface area contributed by atoms with Crippen LogP contribution in [0.5, 0.6) is 0 Å². The molecule has 2 aliphatic rings. The number of furan rings is 2. The molecular formula is C62H52N4O3. The van der Waals surface area contributed by atoms with Gasteiger partial charge in [-0.25, -0.2) is 0 Å². The van der Waals surface area contributed by atoms with Crippen LogP contribution in [0, 0.1) is 39.4 Å². The minimum atomic E-state index is -0.139. The molecule has 0 bridgehead atoms. The second-order valence-electron chi connectivity index (χ2n) is 20.5. The van der Waals surface area contributed by atoms with E-state index in [0.717, 1.165) is 108 Å². The van der Waals surface area contributed by atoms with E-state index in [1.807, 2.05) is 78.9 Å². The molecule has 1 N–H and O–H groups in total. The third-order valence-corrected chi connectivity index (χ3v) is 14.2. The molecule has 0 fully saturated rings. The fourth-order valence-electron chi connectivity index (χ4n) is 10.7. The van der Waals surface area contributed by atoms with E-state index in [2.05, 4.69) is 148 Å². The number of nitrogens with zero attached hydrogens (tertiary/aromatic N) is 4. The summed E-state index contributed by atoms with van der Waals surface area (Å²) in [5.74, 6) is 1.54. The largest absolute Gasteiger partial charge is 0.511 e. The molecule has 7 nitrogen and oxygen atoms in total. The maximum absolute atomic E-state index is 11.9. The van der Waals surface area contributed by atoms with Crippen LogP contribution < -0.4 is 9.80 Å². The van der Waals surface area contributed by atoms with Crippen molar-refractivity contribution in [3.8, 4) is 12.1 Å². The fourth-order valence-corrected chi connectivity index (χ4v) is 10.7. The number of aliphatic hydroxyl groups is 1. The highest BCUT2D eigenvalue weighted by Crippen LogP contribution is 2.56. The van der Waals surface area contributed by atoms with Gasteiger partial charge in [0.1, 0.15) is 17.1 Å². The Labute approximate surface area is 402 Å². The second kappa shape index (κ2) is 16.5. The highest BCUT2D eigenvalue weighted by molar-refractivity contribution is 6.28. The van der Waals surface area contributed by atoms with E-state index in [4.69, 9.17) is 8.83 Å². The van der Waals surface area contributed by atoms with Gasteiger partial charge in [0, 0.05) is 61.6 Å². The molecule has 9 aromatic rings. The Bertz CT molecular complexity index is 3690. The number of anilines is 6. The Morgan fingerprint density at radius 3 is 1.80 bits per heavy atom. The summed E-state index contributed by atoms with van der Waals surface area (Å²) >= 11 is 0. The lowest BCUT2D eigenvalue weighted by Crippen LogP contribution is -2.24. The maximum atomic E-state index is 11.9. The number of benzene rings is 7. The van der Waals surface area contributed by atoms with Crippen LogP contribution in [0.1, 0.15) is 88.3 Å². The number of nitriles is 2. The number of hydrogen-bond donors (Lipinski definition) is 1. The average Bonchev–Trinajstić information content (AvgIpc) is 3.94. The molecular weight excluding hydrogens is 849 g/mol. The summed E-state index contributed by atoms with van der Waals surface area (Å²) in [6.07, 6.45) is 10.3. The Balaban J connectivity index is 1.24. The quantitative estimate of drug-likeness (QED) is 0.159. The fraction of sp³-hybridized carbons (Fsp3) is 0.194. The van der Waals surface area contributed by atoms with Crippen molar-refractivity contribution in [1.82, 2.24) is 0 Å². The molecule has 0 aliphatic heterocycles. The number of fused-ring (bicyclic) bond motifs is 7. The Hall–Kier alpha value is -8.26. The molecule has 2 aliphatic carbocycles. The number of allylic oxidation sites excluding steroid dienone is 5. The molecule has 7 heteroatoms. The van der Waals surface area contributed by atoms with Crippen LogP contribution in [0.4, 0.5) is 34.1 Å². The predicted molar refractivity (Wildman–Crippen MR) is 282 cm³/mol. The van der Waals surface area contributed by atoms with Crippen LogP contribution in [-0.2, 0) is 0 Å². The number of hydrogen-bond acceptors (Lipinski definition) is 7. The molecule has 11 rings (SSSR count). The van der Waals surface area contributed by atoms with E-state index in [-0.39, 0.29) is 22.7 Å². The molecule has 0 spiro atoms. The summed E-state index contributed by atoms with van der Waals surface area (Å²) in [7, 11) is 0. The third kappa shape index (κ3) is 7.25. The zero-order chi connectivity index (χ0) is 47.8. The molecule has 0 amide bonds. The van der Waals surface area contributed by atoms with Gasteiger partial charge in [0.15, 0.2) is 11.2 Å². The SMILES string of the molecule is CC(C)(C)C1CC=CC(c2cccc(N(c3ccc(C#N)cc3)c3c4ccccc4c(N(c4ccc(C#N)cc4)c4cccc5c6c(oc45)C(C(C)(C)C)CC=C6)c4oc5ccccc5c34)c2)=C1O. The van der Waals surface area contributed by atoms with Crippen molar-refractivity contribution in [2.45, 2.75) is 60.3 Å². The van der Waals surface area contributed by atoms with Gasteiger partial charge in [-0.15, -0.1) is 0 Å². The van der Waals surface area contributed by atoms with Gasteiger partial charge in [-0.2, -0.15) is 10.5 Å². The number of aliphatic hydroxyl groups excluding tert-OH is 1. The molecule has 0 saturated heterocycles. The predicted octanol–water partition coefficient (Wildman–Crippen LogP) is 17.6. The lowest BCUT2D eigenvalue weighted by Gasteiger charge is -2.33. The van der Waals surface area contributed by atoms with Crippen LogP contribution in [0.15, 0.2) is 172 Å². The summed E-state index contributed by atoms with van der Waals surface area (Å²) in [6, 6.07) is 51.4. The highest BCUT2D eigenvalue weighted by atomic mass is 16.3. The van der Waals surface area contributed by atoms with Crippen LogP contribution in [0.2, 0.25) is 0 Å². The van der Waals surface area contributed by atoms with E-state index >= 15 is 0 Å². The van der Waals surface area contributed by atoms with Crippen molar-refractivity contribution >= 4 is 89.5 Å². The molecule has 2 atom stereocenters. The van der Waals surface area contributed by atoms with Gasteiger partial charge in [0.25, 0.3) is 0 Å². The second-order valence-corrected chi connectivity index (χ2v) is 20.5. The summed E-state index contributed by atoms with van der Waals surface area (Å²) in [4.78, 5) is 4.51. The van der Waals surface area contributed by atoms with Crippen molar-refractivity contribution in [2.24, 2.45) is 16.7 Å². The normalized spacial score (nSPS) is 16.0. The Morgan fingerprint density at radius 2 is 1.13 bits per heavy atom. The zero-order valence-electron chi connectivity index (χ0n) is 39.7. The van der Waals surface area contributed by atoms with E-state index in [9.17, 15) is 15.6 Å². The van der Waals surface area contributed by atoms with Gasteiger partial charge in [0.05, 0.1) is 45.7 Å². The van der Waals surface area contributed by atoms with Crippen LogP contribution in [0.3, 0.4) is 0 Å². The molecule has 338 valence electrons. The van der Waals surface area contributed by atoms with Gasteiger partial charge in [-0.3, -0.25) is 0 Å². The molecule has 7 aromatic carbocycles. The van der Waals surface area contributed by atoms with Gasteiger partial charge >= 0.3 is 0 Å².